The highest BCUT2D eigenvalue weighted by Gasteiger charge is 2.19. The fourth-order valence-corrected chi connectivity index (χ4v) is 2.96. The third kappa shape index (κ3) is 4.49. The molecule has 0 saturated carbocycles. The second kappa shape index (κ2) is 8.62. The molecule has 7 nitrogen and oxygen atoms in total. The summed E-state index contributed by atoms with van der Waals surface area (Å²) in [4.78, 5) is 25.2. The molecule has 0 aliphatic carbocycles. The normalized spacial score (nSPS) is 14.4. The predicted octanol–water partition coefficient (Wildman–Crippen LogP) is 1.49. The number of nitrogens with one attached hydrogen (secondary N) is 1. The van der Waals surface area contributed by atoms with Gasteiger partial charge in [0, 0.05) is 57.9 Å². The zero-order valence-corrected chi connectivity index (χ0v) is 15.3. The molecule has 3 rings (SSSR count). The number of carbonyl (C=O) groups excluding carboxylic acids is 1. The smallest absolute Gasteiger partial charge is 0.254 e. The maximum atomic E-state index is 12.0. The summed E-state index contributed by atoms with van der Waals surface area (Å²) in [6.45, 7) is 6.62. The van der Waals surface area contributed by atoms with Gasteiger partial charge in [0.15, 0.2) is 0 Å². The Kier molecular flexibility index (Phi) is 6.01. The summed E-state index contributed by atoms with van der Waals surface area (Å²) < 4.78 is 4.92. The molecule has 2 aromatic rings. The molecule has 1 aromatic carbocycles. The van der Waals surface area contributed by atoms with Gasteiger partial charge in [0.25, 0.3) is 5.91 Å². The number of nitrogens with zero attached hydrogens (tertiary/aromatic N) is 4. The second-order valence-electron chi connectivity index (χ2n) is 6.33. The molecular weight excluding hydrogens is 330 g/mol. The minimum atomic E-state index is -0.183. The number of ether oxygens (including phenoxy) is 1. The van der Waals surface area contributed by atoms with Crippen molar-refractivity contribution in [2.24, 2.45) is 0 Å². The summed E-state index contributed by atoms with van der Waals surface area (Å²) >= 11 is 0. The van der Waals surface area contributed by atoms with Crippen LogP contribution in [-0.2, 0) is 4.74 Å². The van der Waals surface area contributed by atoms with Gasteiger partial charge in [0.05, 0.1) is 12.2 Å². The van der Waals surface area contributed by atoms with Gasteiger partial charge in [-0.2, -0.15) is 0 Å². The third-order valence-electron chi connectivity index (χ3n) is 4.42. The Bertz CT molecular complexity index is 727. The molecule has 0 atom stereocenters. The average molecular weight is 355 g/mol. The maximum absolute atomic E-state index is 12.0. The number of aryl methyl sites for hydroxylation is 1. The molecule has 1 fully saturated rings. The van der Waals surface area contributed by atoms with Crippen molar-refractivity contribution >= 4 is 17.5 Å². The summed E-state index contributed by atoms with van der Waals surface area (Å²) in [5.74, 6) is 0.486. The molecule has 0 spiro atoms. The van der Waals surface area contributed by atoms with Crippen molar-refractivity contribution in [2.45, 2.75) is 6.92 Å². The van der Waals surface area contributed by atoms with E-state index in [1.54, 1.807) is 19.5 Å². The first kappa shape index (κ1) is 18.1. The van der Waals surface area contributed by atoms with E-state index >= 15 is 0 Å². The number of benzene rings is 1. The second-order valence-corrected chi connectivity index (χ2v) is 6.33. The highest BCUT2D eigenvalue weighted by Crippen LogP contribution is 2.19. The van der Waals surface area contributed by atoms with E-state index in [1.165, 1.54) is 11.3 Å². The summed E-state index contributed by atoms with van der Waals surface area (Å²) in [6, 6.07) is 8.57. The van der Waals surface area contributed by atoms with Crippen LogP contribution in [0.3, 0.4) is 0 Å². The molecule has 1 aliphatic rings. The monoisotopic (exact) mass is 355 g/mol. The Labute approximate surface area is 154 Å². The highest BCUT2D eigenvalue weighted by atomic mass is 16.5. The molecule has 1 N–H and O–H groups in total. The standard InChI is InChI=1S/C19H25N5O2/c1-15-4-3-5-17(12-15)23-7-9-24(10-8-23)19-21-13-16(14-22-19)18(25)20-6-11-26-2/h3-5,12-14H,6-11H2,1-2H3,(H,20,25). The lowest BCUT2D eigenvalue weighted by atomic mass is 10.2. The molecule has 0 unspecified atom stereocenters. The SMILES string of the molecule is COCCNC(=O)c1cnc(N2CCN(c3cccc(C)c3)CC2)nc1. The van der Waals surface area contributed by atoms with Crippen LogP contribution in [0.1, 0.15) is 15.9 Å². The van der Waals surface area contributed by atoms with Crippen molar-refractivity contribution in [1.29, 1.82) is 0 Å². The number of methoxy groups -OCH3 is 1. The van der Waals surface area contributed by atoms with Crippen molar-refractivity contribution in [2.75, 3.05) is 56.2 Å². The molecular formula is C19H25N5O2. The topological polar surface area (TPSA) is 70.6 Å². The van der Waals surface area contributed by atoms with E-state index in [4.69, 9.17) is 4.74 Å². The summed E-state index contributed by atoms with van der Waals surface area (Å²) in [5, 5.41) is 2.76. The number of rotatable bonds is 6. The van der Waals surface area contributed by atoms with Crippen LogP contribution in [0.2, 0.25) is 0 Å². The first-order valence-corrected chi connectivity index (χ1v) is 8.83. The lowest BCUT2D eigenvalue weighted by molar-refractivity contribution is 0.0936. The van der Waals surface area contributed by atoms with Gasteiger partial charge in [-0.3, -0.25) is 4.79 Å². The number of aromatic nitrogens is 2. The summed E-state index contributed by atoms with van der Waals surface area (Å²) in [6.07, 6.45) is 3.16. The van der Waals surface area contributed by atoms with Crippen LogP contribution in [0.5, 0.6) is 0 Å². The van der Waals surface area contributed by atoms with E-state index in [9.17, 15) is 4.79 Å². The minimum absolute atomic E-state index is 0.183. The molecule has 1 aromatic heterocycles. The molecule has 1 aliphatic heterocycles. The number of piperazine rings is 1. The Morgan fingerprint density at radius 1 is 1.15 bits per heavy atom. The molecule has 1 amide bonds. The lowest BCUT2D eigenvalue weighted by Crippen LogP contribution is -2.47. The van der Waals surface area contributed by atoms with Gasteiger partial charge in [0.2, 0.25) is 5.95 Å². The van der Waals surface area contributed by atoms with Crippen LogP contribution >= 0.6 is 0 Å². The number of carbonyl (C=O) groups is 1. The molecule has 7 heteroatoms. The van der Waals surface area contributed by atoms with Crippen molar-refractivity contribution in [3.05, 3.63) is 47.8 Å². The van der Waals surface area contributed by atoms with Gasteiger partial charge in [-0.1, -0.05) is 12.1 Å². The first-order chi connectivity index (χ1) is 12.7. The maximum Gasteiger partial charge on any atom is 0.254 e. The molecule has 0 bridgehead atoms. The van der Waals surface area contributed by atoms with E-state index in [0.29, 0.717) is 24.7 Å². The number of hydrogen-bond donors (Lipinski definition) is 1. The van der Waals surface area contributed by atoms with Gasteiger partial charge in [-0.05, 0) is 24.6 Å². The molecule has 138 valence electrons. The van der Waals surface area contributed by atoms with E-state index in [-0.39, 0.29) is 5.91 Å². The Balaban J connectivity index is 1.55. The van der Waals surface area contributed by atoms with Crippen LogP contribution in [-0.4, -0.2) is 62.3 Å². The van der Waals surface area contributed by atoms with E-state index in [2.05, 4.69) is 56.3 Å². The van der Waals surface area contributed by atoms with Crippen LogP contribution in [0.4, 0.5) is 11.6 Å². The molecule has 2 heterocycles. The Morgan fingerprint density at radius 3 is 2.50 bits per heavy atom. The predicted molar refractivity (Wildman–Crippen MR) is 102 cm³/mol. The summed E-state index contributed by atoms with van der Waals surface area (Å²) in [5.41, 5.74) is 2.99. The lowest BCUT2D eigenvalue weighted by Gasteiger charge is -2.36. The van der Waals surface area contributed by atoms with Crippen molar-refractivity contribution in [3.8, 4) is 0 Å². The first-order valence-electron chi connectivity index (χ1n) is 8.83. The largest absolute Gasteiger partial charge is 0.383 e. The van der Waals surface area contributed by atoms with Crippen LogP contribution in [0.15, 0.2) is 36.7 Å². The summed E-state index contributed by atoms with van der Waals surface area (Å²) in [7, 11) is 1.60. The van der Waals surface area contributed by atoms with Crippen LogP contribution in [0, 0.1) is 6.92 Å². The fraction of sp³-hybridized carbons (Fsp3) is 0.421. The third-order valence-corrected chi connectivity index (χ3v) is 4.42. The van der Waals surface area contributed by atoms with Gasteiger partial charge >= 0.3 is 0 Å². The van der Waals surface area contributed by atoms with Crippen molar-refractivity contribution in [1.82, 2.24) is 15.3 Å². The van der Waals surface area contributed by atoms with Gasteiger partial charge in [-0.15, -0.1) is 0 Å². The minimum Gasteiger partial charge on any atom is -0.383 e. The van der Waals surface area contributed by atoms with Crippen molar-refractivity contribution in [3.63, 3.8) is 0 Å². The van der Waals surface area contributed by atoms with E-state index < -0.39 is 0 Å². The van der Waals surface area contributed by atoms with Gasteiger partial charge < -0.3 is 19.9 Å². The number of anilines is 2. The zero-order chi connectivity index (χ0) is 18.4. The van der Waals surface area contributed by atoms with Crippen LogP contribution in [0.25, 0.3) is 0 Å². The van der Waals surface area contributed by atoms with Crippen molar-refractivity contribution < 1.29 is 9.53 Å². The molecule has 1 saturated heterocycles. The number of amides is 1. The van der Waals surface area contributed by atoms with Crippen LogP contribution < -0.4 is 15.1 Å². The van der Waals surface area contributed by atoms with E-state index in [1.807, 2.05) is 0 Å². The van der Waals surface area contributed by atoms with Gasteiger partial charge in [0.1, 0.15) is 0 Å². The number of hydrogen-bond acceptors (Lipinski definition) is 6. The van der Waals surface area contributed by atoms with Gasteiger partial charge in [-0.25, -0.2) is 9.97 Å². The highest BCUT2D eigenvalue weighted by molar-refractivity contribution is 5.93. The fourth-order valence-electron chi connectivity index (χ4n) is 2.96. The Morgan fingerprint density at radius 2 is 1.85 bits per heavy atom. The van der Waals surface area contributed by atoms with E-state index in [0.717, 1.165) is 26.2 Å². The Hall–Kier alpha value is -2.67. The average Bonchev–Trinajstić information content (AvgIpc) is 2.68. The zero-order valence-electron chi connectivity index (χ0n) is 15.3. The molecule has 0 radical (unpaired) electrons. The quantitative estimate of drug-likeness (QED) is 0.792. The molecule has 26 heavy (non-hydrogen) atoms.